The smallest absolute Gasteiger partial charge is 0.411 e. The lowest BCUT2D eigenvalue weighted by Gasteiger charge is -2.21. The van der Waals surface area contributed by atoms with Gasteiger partial charge in [-0.05, 0) is 38.5 Å². The number of benzene rings is 1. The van der Waals surface area contributed by atoms with Gasteiger partial charge in [0.05, 0.1) is 13.7 Å². The van der Waals surface area contributed by atoms with Crippen molar-refractivity contribution in [1.29, 1.82) is 0 Å². The van der Waals surface area contributed by atoms with Gasteiger partial charge in [-0.3, -0.25) is 0 Å². The van der Waals surface area contributed by atoms with Crippen LogP contribution in [0.4, 0.5) is 13.2 Å². The van der Waals surface area contributed by atoms with Gasteiger partial charge in [-0.1, -0.05) is 6.07 Å². The second kappa shape index (κ2) is 7.13. The van der Waals surface area contributed by atoms with Crippen molar-refractivity contribution in [2.24, 2.45) is 0 Å². The van der Waals surface area contributed by atoms with Gasteiger partial charge in [-0.2, -0.15) is 13.2 Å². The number of methoxy groups -OCH3 is 1. The van der Waals surface area contributed by atoms with E-state index in [9.17, 15) is 13.2 Å². The first-order valence-corrected chi connectivity index (χ1v) is 6.66. The minimum atomic E-state index is -4.32. The normalized spacial score (nSPS) is 12.5. The molecule has 0 unspecified atom stereocenters. The average Bonchev–Trinajstić information content (AvgIpc) is 2.34. The van der Waals surface area contributed by atoms with E-state index in [1.807, 2.05) is 26.8 Å². The van der Waals surface area contributed by atoms with Gasteiger partial charge in [-0.25, -0.2) is 0 Å². The molecule has 0 amide bonds. The van der Waals surface area contributed by atoms with E-state index in [2.05, 4.69) is 5.32 Å². The molecule has 0 aliphatic carbocycles. The number of hydrogen-bond donors (Lipinski definition) is 1. The zero-order chi connectivity index (χ0) is 16.1. The molecule has 21 heavy (non-hydrogen) atoms. The first-order valence-electron chi connectivity index (χ1n) is 6.66. The summed E-state index contributed by atoms with van der Waals surface area (Å²) in [4.78, 5) is 0. The van der Waals surface area contributed by atoms with Gasteiger partial charge in [0, 0.05) is 17.6 Å². The van der Waals surface area contributed by atoms with Crippen LogP contribution in [-0.2, 0) is 17.9 Å². The van der Waals surface area contributed by atoms with Crippen LogP contribution in [0.1, 0.15) is 31.9 Å². The maximum atomic E-state index is 12.1. The average molecular weight is 305 g/mol. The molecule has 3 nitrogen and oxygen atoms in total. The molecule has 1 aromatic rings. The third kappa shape index (κ3) is 7.34. The van der Waals surface area contributed by atoms with Crippen LogP contribution in [0, 0.1) is 0 Å². The monoisotopic (exact) mass is 305 g/mol. The highest BCUT2D eigenvalue weighted by molar-refractivity contribution is 5.37. The van der Waals surface area contributed by atoms with Crippen LogP contribution in [0.3, 0.4) is 0 Å². The predicted octanol–water partition coefficient (Wildman–Crippen LogP) is 3.66. The Balaban J connectivity index is 2.71. The molecule has 0 saturated heterocycles. The van der Waals surface area contributed by atoms with E-state index >= 15 is 0 Å². The summed E-state index contributed by atoms with van der Waals surface area (Å²) in [5, 5.41) is 3.32. The van der Waals surface area contributed by atoms with Crippen molar-refractivity contribution in [3.05, 3.63) is 29.3 Å². The molecule has 0 bridgehead atoms. The van der Waals surface area contributed by atoms with E-state index in [1.165, 1.54) is 7.11 Å². The number of rotatable bonds is 6. The third-order valence-corrected chi connectivity index (χ3v) is 2.69. The molecule has 6 heteroatoms. The summed E-state index contributed by atoms with van der Waals surface area (Å²) < 4.78 is 46.2. The molecule has 0 heterocycles. The summed E-state index contributed by atoms with van der Waals surface area (Å²) in [7, 11) is 1.48. The first-order chi connectivity index (χ1) is 9.61. The summed E-state index contributed by atoms with van der Waals surface area (Å²) in [5.74, 6) is 0.525. The Labute approximate surface area is 123 Å². The Morgan fingerprint density at radius 3 is 2.33 bits per heavy atom. The van der Waals surface area contributed by atoms with Crippen molar-refractivity contribution in [2.45, 2.75) is 45.6 Å². The van der Waals surface area contributed by atoms with Crippen molar-refractivity contribution in [3.8, 4) is 5.75 Å². The quantitative estimate of drug-likeness (QED) is 0.870. The molecule has 0 aromatic heterocycles. The summed E-state index contributed by atoms with van der Waals surface area (Å²) in [6, 6.07) is 5.42. The van der Waals surface area contributed by atoms with Gasteiger partial charge in [0.25, 0.3) is 0 Å². The summed E-state index contributed by atoms with van der Waals surface area (Å²) in [5.41, 5.74) is 1.54. The maximum absolute atomic E-state index is 12.1. The van der Waals surface area contributed by atoms with Crippen molar-refractivity contribution < 1.29 is 22.6 Å². The highest BCUT2D eigenvalue weighted by Gasteiger charge is 2.27. The number of nitrogens with one attached hydrogen (secondary N) is 1. The van der Waals surface area contributed by atoms with E-state index in [-0.39, 0.29) is 12.1 Å². The summed E-state index contributed by atoms with van der Waals surface area (Å²) in [6.07, 6.45) is -4.32. The van der Waals surface area contributed by atoms with Gasteiger partial charge in [0.15, 0.2) is 0 Å². The standard InChI is InChI=1S/C15H22F3NO2/c1-14(2,3)19-8-11-5-6-13(20-4)12(7-11)9-21-10-15(16,17)18/h5-7,19H,8-10H2,1-4H3. The Morgan fingerprint density at radius 1 is 1.14 bits per heavy atom. The second-order valence-corrected chi connectivity index (χ2v) is 5.86. The highest BCUT2D eigenvalue weighted by atomic mass is 19.4. The number of alkyl halides is 3. The Kier molecular flexibility index (Phi) is 6.04. The van der Waals surface area contributed by atoms with E-state index < -0.39 is 12.8 Å². The van der Waals surface area contributed by atoms with E-state index in [1.54, 1.807) is 12.1 Å². The fraction of sp³-hybridized carbons (Fsp3) is 0.600. The highest BCUT2D eigenvalue weighted by Crippen LogP contribution is 2.23. The van der Waals surface area contributed by atoms with Crippen LogP contribution < -0.4 is 10.1 Å². The zero-order valence-electron chi connectivity index (χ0n) is 12.8. The zero-order valence-corrected chi connectivity index (χ0v) is 12.8. The number of halogens is 3. The largest absolute Gasteiger partial charge is 0.496 e. The minimum absolute atomic E-state index is 0.0348. The van der Waals surface area contributed by atoms with Gasteiger partial charge in [0.2, 0.25) is 0 Å². The van der Waals surface area contributed by atoms with Crippen molar-refractivity contribution in [2.75, 3.05) is 13.7 Å². The lowest BCUT2D eigenvalue weighted by atomic mass is 10.1. The van der Waals surface area contributed by atoms with Crippen LogP contribution in [0.15, 0.2) is 18.2 Å². The molecule has 1 rings (SSSR count). The molecule has 0 aliphatic heterocycles. The molecule has 0 radical (unpaired) electrons. The van der Waals surface area contributed by atoms with Gasteiger partial charge < -0.3 is 14.8 Å². The lowest BCUT2D eigenvalue weighted by Crippen LogP contribution is -2.35. The maximum Gasteiger partial charge on any atom is 0.411 e. The van der Waals surface area contributed by atoms with Crippen LogP contribution in [-0.4, -0.2) is 25.4 Å². The van der Waals surface area contributed by atoms with Crippen LogP contribution in [0.2, 0.25) is 0 Å². The fourth-order valence-corrected chi connectivity index (χ4v) is 1.70. The topological polar surface area (TPSA) is 30.5 Å². The molecular weight excluding hydrogens is 283 g/mol. The molecule has 0 atom stereocenters. The Hall–Kier alpha value is -1.27. The van der Waals surface area contributed by atoms with E-state index in [4.69, 9.17) is 9.47 Å². The molecule has 0 aliphatic rings. The van der Waals surface area contributed by atoms with Crippen LogP contribution in [0.5, 0.6) is 5.75 Å². The van der Waals surface area contributed by atoms with Crippen LogP contribution >= 0.6 is 0 Å². The second-order valence-electron chi connectivity index (χ2n) is 5.86. The molecule has 1 aromatic carbocycles. The van der Waals surface area contributed by atoms with Gasteiger partial charge in [0.1, 0.15) is 12.4 Å². The molecular formula is C15H22F3NO2. The lowest BCUT2D eigenvalue weighted by molar-refractivity contribution is -0.176. The number of ether oxygens (including phenoxy) is 2. The van der Waals surface area contributed by atoms with E-state index in [0.717, 1.165) is 5.56 Å². The van der Waals surface area contributed by atoms with Gasteiger partial charge >= 0.3 is 6.18 Å². The Bertz CT molecular complexity index is 453. The molecule has 1 N–H and O–H groups in total. The minimum Gasteiger partial charge on any atom is -0.496 e. The molecule has 120 valence electrons. The SMILES string of the molecule is COc1ccc(CNC(C)(C)C)cc1COCC(F)(F)F. The van der Waals surface area contributed by atoms with Crippen molar-refractivity contribution in [1.82, 2.24) is 5.32 Å². The van der Waals surface area contributed by atoms with Crippen LogP contribution in [0.25, 0.3) is 0 Å². The molecule has 0 saturated carbocycles. The summed E-state index contributed by atoms with van der Waals surface area (Å²) in [6.45, 7) is 5.37. The number of hydrogen-bond acceptors (Lipinski definition) is 3. The Morgan fingerprint density at radius 2 is 1.81 bits per heavy atom. The van der Waals surface area contributed by atoms with Crippen molar-refractivity contribution >= 4 is 0 Å². The van der Waals surface area contributed by atoms with Crippen molar-refractivity contribution in [3.63, 3.8) is 0 Å². The van der Waals surface area contributed by atoms with E-state index in [0.29, 0.717) is 17.9 Å². The third-order valence-electron chi connectivity index (χ3n) is 2.69. The summed E-state index contributed by atoms with van der Waals surface area (Å²) >= 11 is 0. The first kappa shape index (κ1) is 17.8. The fourth-order valence-electron chi connectivity index (χ4n) is 1.70. The van der Waals surface area contributed by atoms with Gasteiger partial charge in [-0.15, -0.1) is 0 Å². The molecule has 0 fully saturated rings. The predicted molar refractivity (Wildman–Crippen MR) is 75.3 cm³/mol. The molecule has 0 spiro atoms.